The fraction of sp³-hybridized carbons (Fsp3) is 0.474. The van der Waals surface area contributed by atoms with Crippen LogP contribution in [0.4, 0.5) is 0 Å². The van der Waals surface area contributed by atoms with Crippen LogP contribution >= 0.6 is 0 Å². The van der Waals surface area contributed by atoms with Gasteiger partial charge in [0.2, 0.25) is 11.8 Å². The molecule has 3 heterocycles. The topological polar surface area (TPSA) is 92.2 Å². The minimum absolute atomic E-state index is 0.0671. The Kier molecular flexibility index (Phi) is 4.89. The van der Waals surface area contributed by atoms with Gasteiger partial charge in [0, 0.05) is 38.2 Å². The van der Waals surface area contributed by atoms with Crippen LogP contribution in [0.2, 0.25) is 0 Å². The van der Waals surface area contributed by atoms with E-state index in [9.17, 15) is 9.59 Å². The number of hydrogen-bond donors (Lipinski definition) is 2. The molecule has 2 aromatic rings. The second-order valence-corrected chi connectivity index (χ2v) is 7.24. The number of amides is 2. The lowest BCUT2D eigenvalue weighted by molar-refractivity contribution is -0.146. The Morgan fingerprint density at radius 2 is 2.15 bits per heavy atom. The van der Waals surface area contributed by atoms with E-state index in [1.807, 2.05) is 35.1 Å². The predicted octanol–water partition coefficient (Wildman–Crippen LogP) is 0.175. The summed E-state index contributed by atoms with van der Waals surface area (Å²) < 4.78 is 1.81. The summed E-state index contributed by atoms with van der Waals surface area (Å²) >= 11 is 0. The summed E-state index contributed by atoms with van der Waals surface area (Å²) in [4.78, 5) is 32.0. The van der Waals surface area contributed by atoms with Crippen molar-refractivity contribution in [2.24, 2.45) is 5.41 Å². The number of nitrogens with zero attached hydrogens (tertiary/aromatic N) is 4. The van der Waals surface area contributed by atoms with Gasteiger partial charge in [0.1, 0.15) is 6.04 Å². The lowest BCUT2D eigenvalue weighted by Gasteiger charge is -2.37. The van der Waals surface area contributed by atoms with Crippen molar-refractivity contribution in [2.45, 2.75) is 32.0 Å². The Bertz CT molecular complexity index is 788. The average Bonchev–Trinajstić information content (AvgIpc) is 3.31. The molecule has 142 valence electrons. The second-order valence-electron chi connectivity index (χ2n) is 7.24. The van der Waals surface area contributed by atoms with Crippen LogP contribution in [-0.4, -0.2) is 57.2 Å². The van der Waals surface area contributed by atoms with Gasteiger partial charge in [-0.25, -0.2) is 0 Å². The van der Waals surface area contributed by atoms with Crippen LogP contribution in [0, 0.1) is 5.41 Å². The number of carbonyl (C=O) groups excluding carboxylic acids is 2. The summed E-state index contributed by atoms with van der Waals surface area (Å²) in [6.07, 6.45) is 6.99. The number of aromatic nitrogens is 3. The maximum atomic E-state index is 13.3. The van der Waals surface area contributed by atoms with Crippen molar-refractivity contribution in [3.05, 3.63) is 48.5 Å². The molecule has 1 aliphatic heterocycles. The zero-order valence-electron chi connectivity index (χ0n) is 15.2. The molecule has 0 spiro atoms. The van der Waals surface area contributed by atoms with Gasteiger partial charge in [-0.2, -0.15) is 5.10 Å². The maximum absolute atomic E-state index is 13.3. The number of hydrogen-bond acceptors (Lipinski definition) is 5. The van der Waals surface area contributed by atoms with Crippen LogP contribution in [0.3, 0.4) is 0 Å². The Morgan fingerprint density at radius 3 is 2.85 bits per heavy atom. The van der Waals surface area contributed by atoms with Gasteiger partial charge in [0.25, 0.3) is 0 Å². The van der Waals surface area contributed by atoms with Crippen LogP contribution in [0.25, 0.3) is 0 Å². The van der Waals surface area contributed by atoms with Gasteiger partial charge in [-0.15, -0.1) is 0 Å². The van der Waals surface area contributed by atoms with Gasteiger partial charge in [-0.3, -0.25) is 19.3 Å². The molecule has 0 bridgehead atoms. The van der Waals surface area contributed by atoms with Crippen molar-refractivity contribution in [2.75, 3.05) is 19.6 Å². The number of piperazine rings is 1. The van der Waals surface area contributed by atoms with Crippen LogP contribution in [0.15, 0.2) is 42.9 Å². The number of pyridine rings is 1. The van der Waals surface area contributed by atoms with E-state index in [0.29, 0.717) is 32.7 Å². The third-order valence-electron chi connectivity index (χ3n) is 5.31. The Labute approximate surface area is 158 Å². The molecular weight excluding hydrogens is 344 g/mol. The molecular formula is C19H24N6O2. The SMILES string of the molecule is O=C(NCc1ccccn1)[C@@H]1CNCCN1C(=O)C1(Cn2cccn2)CC1. The highest BCUT2D eigenvalue weighted by Gasteiger charge is 2.53. The van der Waals surface area contributed by atoms with E-state index in [4.69, 9.17) is 0 Å². The molecule has 0 aromatic carbocycles. The first-order valence-corrected chi connectivity index (χ1v) is 9.35. The van der Waals surface area contributed by atoms with Crippen LogP contribution in [0.5, 0.6) is 0 Å². The highest BCUT2D eigenvalue weighted by Crippen LogP contribution is 2.49. The first-order chi connectivity index (χ1) is 13.2. The molecule has 2 aromatic heterocycles. The lowest BCUT2D eigenvalue weighted by atomic mass is 10.0. The summed E-state index contributed by atoms with van der Waals surface area (Å²) in [7, 11) is 0. The van der Waals surface area contributed by atoms with Crippen molar-refractivity contribution < 1.29 is 9.59 Å². The molecule has 8 nitrogen and oxygen atoms in total. The summed E-state index contributed by atoms with van der Waals surface area (Å²) in [6.45, 7) is 2.65. The summed E-state index contributed by atoms with van der Waals surface area (Å²) in [6, 6.07) is 6.96. The van der Waals surface area contributed by atoms with Gasteiger partial charge in [0.15, 0.2) is 0 Å². The predicted molar refractivity (Wildman–Crippen MR) is 98.3 cm³/mol. The quantitative estimate of drug-likeness (QED) is 0.759. The molecule has 1 aliphatic carbocycles. The smallest absolute Gasteiger partial charge is 0.244 e. The summed E-state index contributed by atoms with van der Waals surface area (Å²) in [5.41, 5.74) is 0.382. The van der Waals surface area contributed by atoms with E-state index in [1.165, 1.54) is 0 Å². The Morgan fingerprint density at radius 1 is 1.26 bits per heavy atom. The molecule has 2 N–H and O–H groups in total. The molecule has 27 heavy (non-hydrogen) atoms. The van der Waals surface area contributed by atoms with E-state index >= 15 is 0 Å². The molecule has 4 rings (SSSR count). The van der Waals surface area contributed by atoms with Crippen LogP contribution in [0.1, 0.15) is 18.5 Å². The van der Waals surface area contributed by atoms with Gasteiger partial charge in [-0.05, 0) is 31.0 Å². The van der Waals surface area contributed by atoms with Gasteiger partial charge in [-0.1, -0.05) is 6.07 Å². The fourth-order valence-corrected chi connectivity index (χ4v) is 3.58. The van der Waals surface area contributed by atoms with E-state index in [-0.39, 0.29) is 11.8 Å². The standard InChI is InChI=1S/C19H24N6O2/c26-17(22-12-15-4-1-2-7-21-15)16-13-20-9-11-25(16)18(27)19(5-6-19)14-24-10-3-8-23-24/h1-4,7-8,10,16,20H,5-6,9,11-14H2,(H,22,26)/t16-/m0/s1. The zero-order chi connectivity index (χ0) is 18.7. The first kappa shape index (κ1) is 17.7. The monoisotopic (exact) mass is 368 g/mol. The van der Waals surface area contributed by atoms with E-state index in [1.54, 1.807) is 17.3 Å². The zero-order valence-corrected chi connectivity index (χ0v) is 15.2. The van der Waals surface area contributed by atoms with E-state index < -0.39 is 11.5 Å². The molecule has 1 saturated heterocycles. The third-order valence-corrected chi connectivity index (χ3v) is 5.31. The van der Waals surface area contributed by atoms with Crippen molar-refractivity contribution in [1.29, 1.82) is 0 Å². The molecule has 2 amide bonds. The van der Waals surface area contributed by atoms with Gasteiger partial charge in [0.05, 0.1) is 24.2 Å². The second kappa shape index (κ2) is 7.48. The first-order valence-electron chi connectivity index (χ1n) is 9.35. The number of rotatable bonds is 6. The Balaban J connectivity index is 1.42. The van der Waals surface area contributed by atoms with Crippen molar-refractivity contribution in [1.82, 2.24) is 30.3 Å². The highest BCUT2D eigenvalue weighted by atomic mass is 16.2. The number of carbonyl (C=O) groups is 2. The molecule has 0 radical (unpaired) electrons. The molecule has 1 atom stereocenters. The molecule has 2 fully saturated rings. The molecule has 0 unspecified atom stereocenters. The lowest BCUT2D eigenvalue weighted by Crippen LogP contribution is -2.61. The van der Waals surface area contributed by atoms with E-state index in [0.717, 1.165) is 18.5 Å². The third kappa shape index (κ3) is 3.85. The van der Waals surface area contributed by atoms with Gasteiger partial charge >= 0.3 is 0 Å². The normalized spacial score (nSPS) is 20.9. The van der Waals surface area contributed by atoms with Crippen molar-refractivity contribution in [3.8, 4) is 0 Å². The van der Waals surface area contributed by atoms with Gasteiger partial charge < -0.3 is 15.5 Å². The molecule has 1 saturated carbocycles. The minimum atomic E-state index is -0.495. The minimum Gasteiger partial charge on any atom is -0.349 e. The van der Waals surface area contributed by atoms with Crippen molar-refractivity contribution >= 4 is 11.8 Å². The fourth-order valence-electron chi connectivity index (χ4n) is 3.58. The largest absolute Gasteiger partial charge is 0.349 e. The summed E-state index contributed by atoms with van der Waals surface area (Å²) in [5, 5.41) is 10.4. The highest BCUT2D eigenvalue weighted by molar-refractivity contribution is 5.91. The summed E-state index contributed by atoms with van der Waals surface area (Å²) in [5.74, 6) is -0.0754. The van der Waals surface area contributed by atoms with Crippen molar-refractivity contribution in [3.63, 3.8) is 0 Å². The Hall–Kier alpha value is -2.74. The molecule has 8 heteroatoms. The molecule has 2 aliphatic rings. The average molecular weight is 368 g/mol. The number of nitrogens with one attached hydrogen (secondary N) is 2. The van der Waals surface area contributed by atoms with Crippen LogP contribution < -0.4 is 10.6 Å². The van der Waals surface area contributed by atoms with Crippen LogP contribution in [-0.2, 0) is 22.7 Å². The maximum Gasteiger partial charge on any atom is 0.244 e. The van der Waals surface area contributed by atoms with E-state index in [2.05, 4.69) is 20.7 Å².